The number of rotatable bonds is 9. The van der Waals surface area contributed by atoms with Gasteiger partial charge in [-0.15, -0.1) is 0 Å². The fraction of sp³-hybridized carbons (Fsp3) is 0.909. The van der Waals surface area contributed by atoms with E-state index < -0.39 is 6.29 Å². The Labute approximate surface area is 98.9 Å². The highest BCUT2D eigenvalue weighted by Gasteiger charge is 2.23. The first-order chi connectivity index (χ1) is 7.47. The first kappa shape index (κ1) is 15.8. The van der Waals surface area contributed by atoms with Gasteiger partial charge >= 0.3 is 0 Å². The van der Waals surface area contributed by atoms with Crippen LogP contribution in [-0.2, 0) is 4.74 Å². The van der Waals surface area contributed by atoms with E-state index in [2.05, 4.69) is 29.8 Å². The SMILES string of the molecule is [CH2]C(O)OCCC(CC(C)(NC)NC)NC. The second-order valence-electron chi connectivity index (χ2n) is 4.14. The highest BCUT2D eigenvalue weighted by atomic mass is 16.6. The van der Waals surface area contributed by atoms with E-state index >= 15 is 0 Å². The van der Waals surface area contributed by atoms with E-state index in [1.165, 1.54) is 0 Å². The Balaban J connectivity index is 3.99. The number of ether oxygens (including phenoxy) is 1. The van der Waals surface area contributed by atoms with Crippen molar-refractivity contribution in [3.8, 4) is 0 Å². The number of aliphatic hydroxyl groups is 1. The largest absolute Gasteiger partial charge is 0.368 e. The van der Waals surface area contributed by atoms with Gasteiger partial charge in [0.25, 0.3) is 0 Å². The zero-order valence-electron chi connectivity index (χ0n) is 10.8. The van der Waals surface area contributed by atoms with Gasteiger partial charge in [0.1, 0.15) is 0 Å². The minimum Gasteiger partial charge on any atom is -0.368 e. The van der Waals surface area contributed by atoms with E-state index in [1.807, 2.05) is 21.1 Å². The summed E-state index contributed by atoms with van der Waals surface area (Å²) in [5.41, 5.74) is -0.100. The first-order valence-electron chi connectivity index (χ1n) is 5.65. The molecular formula is C11H26N3O2. The van der Waals surface area contributed by atoms with Crippen LogP contribution in [0.25, 0.3) is 0 Å². The topological polar surface area (TPSA) is 65.5 Å². The number of nitrogens with one attached hydrogen (secondary N) is 3. The molecule has 0 fully saturated rings. The highest BCUT2D eigenvalue weighted by molar-refractivity contribution is 4.83. The Bertz CT molecular complexity index is 173. The molecule has 0 aliphatic carbocycles. The van der Waals surface area contributed by atoms with Crippen LogP contribution in [0.3, 0.4) is 0 Å². The van der Waals surface area contributed by atoms with Gasteiger partial charge in [-0.05, 0) is 40.9 Å². The molecule has 5 heteroatoms. The smallest absolute Gasteiger partial charge is 0.154 e. The molecule has 0 aliphatic heterocycles. The van der Waals surface area contributed by atoms with Crippen molar-refractivity contribution in [2.24, 2.45) is 0 Å². The van der Waals surface area contributed by atoms with Gasteiger partial charge in [-0.1, -0.05) is 0 Å². The van der Waals surface area contributed by atoms with Gasteiger partial charge in [0.2, 0.25) is 0 Å². The molecule has 0 spiro atoms. The van der Waals surface area contributed by atoms with Crippen molar-refractivity contribution in [2.75, 3.05) is 27.7 Å². The zero-order valence-corrected chi connectivity index (χ0v) is 10.8. The molecule has 0 saturated carbocycles. The maximum Gasteiger partial charge on any atom is 0.154 e. The van der Waals surface area contributed by atoms with Crippen LogP contribution < -0.4 is 16.0 Å². The summed E-state index contributed by atoms with van der Waals surface area (Å²) < 4.78 is 5.02. The molecule has 2 unspecified atom stereocenters. The van der Waals surface area contributed by atoms with Crippen molar-refractivity contribution in [3.05, 3.63) is 6.92 Å². The normalized spacial score (nSPS) is 16.1. The molecular weight excluding hydrogens is 206 g/mol. The maximum atomic E-state index is 8.88. The number of aliphatic hydroxyl groups excluding tert-OH is 1. The van der Waals surface area contributed by atoms with Gasteiger partial charge in [0, 0.05) is 13.0 Å². The zero-order chi connectivity index (χ0) is 12.6. The third-order valence-corrected chi connectivity index (χ3v) is 2.94. The maximum absolute atomic E-state index is 8.88. The fourth-order valence-corrected chi connectivity index (χ4v) is 1.52. The van der Waals surface area contributed by atoms with E-state index in [0.717, 1.165) is 12.8 Å². The number of hydrogen-bond donors (Lipinski definition) is 4. The molecule has 0 heterocycles. The average Bonchev–Trinajstić information content (AvgIpc) is 2.27. The summed E-state index contributed by atoms with van der Waals surface area (Å²) in [5, 5.41) is 18.6. The lowest BCUT2D eigenvalue weighted by Crippen LogP contribution is -2.54. The van der Waals surface area contributed by atoms with Crippen molar-refractivity contribution < 1.29 is 9.84 Å². The number of hydrogen-bond acceptors (Lipinski definition) is 5. The van der Waals surface area contributed by atoms with E-state index in [0.29, 0.717) is 12.6 Å². The van der Waals surface area contributed by atoms with Crippen molar-refractivity contribution >= 4 is 0 Å². The van der Waals surface area contributed by atoms with E-state index in [4.69, 9.17) is 9.84 Å². The van der Waals surface area contributed by atoms with E-state index in [1.54, 1.807) is 0 Å². The van der Waals surface area contributed by atoms with Crippen molar-refractivity contribution in [1.29, 1.82) is 0 Å². The summed E-state index contributed by atoms with van der Waals surface area (Å²) in [6.07, 6.45) is 0.826. The summed E-state index contributed by atoms with van der Waals surface area (Å²) in [6.45, 7) is 5.96. The molecule has 0 aromatic carbocycles. The second kappa shape index (κ2) is 7.97. The van der Waals surface area contributed by atoms with Gasteiger partial charge in [0.05, 0.1) is 12.3 Å². The molecule has 2 atom stereocenters. The molecule has 0 amide bonds. The van der Waals surface area contributed by atoms with E-state index in [9.17, 15) is 0 Å². The minimum absolute atomic E-state index is 0.100. The second-order valence-corrected chi connectivity index (χ2v) is 4.14. The summed E-state index contributed by atoms with van der Waals surface area (Å²) in [5.74, 6) is 0. The van der Waals surface area contributed by atoms with Crippen LogP contribution in [0.5, 0.6) is 0 Å². The predicted octanol–water partition coefficient (Wildman–Crippen LogP) is -0.321. The minimum atomic E-state index is -0.933. The molecule has 4 N–H and O–H groups in total. The highest BCUT2D eigenvalue weighted by Crippen LogP contribution is 2.10. The van der Waals surface area contributed by atoms with Crippen LogP contribution in [-0.4, -0.2) is 50.9 Å². The predicted molar refractivity (Wildman–Crippen MR) is 65.9 cm³/mol. The molecule has 1 radical (unpaired) electrons. The van der Waals surface area contributed by atoms with Crippen LogP contribution in [0.15, 0.2) is 0 Å². The Kier molecular flexibility index (Phi) is 7.87. The van der Waals surface area contributed by atoms with Gasteiger partial charge < -0.3 is 25.8 Å². The lowest BCUT2D eigenvalue weighted by atomic mass is 10.00. The quantitative estimate of drug-likeness (QED) is 0.410. The third kappa shape index (κ3) is 6.40. The van der Waals surface area contributed by atoms with Crippen molar-refractivity contribution in [2.45, 2.75) is 37.8 Å². The molecule has 16 heavy (non-hydrogen) atoms. The lowest BCUT2D eigenvalue weighted by Gasteiger charge is -2.33. The summed E-state index contributed by atoms with van der Waals surface area (Å²) in [6, 6.07) is 0.323. The van der Waals surface area contributed by atoms with Gasteiger partial charge in [0.15, 0.2) is 6.29 Å². The Morgan fingerprint density at radius 3 is 2.25 bits per heavy atom. The summed E-state index contributed by atoms with van der Waals surface area (Å²) >= 11 is 0. The standard InChI is InChI=1S/C11H26N3O2/c1-9(15)16-7-6-10(12-3)8-11(2,13-4)14-5/h9-10,12-15H,1,6-8H2,2-5H3. The molecule has 5 nitrogen and oxygen atoms in total. The molecule has 0 rings (SSSR count). The summed E-state index contributed by atoms with van der Waals surface area (Å²) in [4.78, 5) is 0. The molecule has 0 bridgehead atoms. The lowest BCUT2D eigenvalue weighted by molar-refractivity contribution is -0.0690. The Morgan fingerprint density at radius 2 is 1.88 bits per heavy atom. The van der Waals surface area contributed by atoms with Gasteiger partial charge in [-0.3, -0.25) is 0 Å². The Hall–Kier alpha value is -0.200. The molecule has 0 aromatic heterocycles. The van der Waals surface area contributed by atoms with Gasteiger partial charge in [-0.2, -0.15) is 0 Å². The van der Waals surface area contributed by atoms with Crippen molar-refractivity contribution in [1.82, 2.24) is 16.0 Å². The monoisotopic (exact) mass is 232 g/mol. The van der Waals surface area contributed by atoms with Crippen molar-refractivity contribution in [3.63, 3.8) is 0 Å². The van der Waals surface area contributed by atoms with Crippen LogP contribution in [0.4, 0.5) is 0 Å². The fourth-order valence-electron chi connectivity index (χ4n) is 1.52. The van der Waals surface area contributed by atoms with Gasteiger partial charge in [-0.25, -0.2) is 0 Å². The van der Waals surface area contributed by atoms with Crippen LogP contribution in [0.2, 0.25) is 0 Å². The third-order valence-electron chi connectivity index (χ3n) is 2.94. The van der Waals surface area contributed by atoms with Crippen LogP contribution in [0.1, 0.15) is 19.8 Å². The Morgan fingerprint density at radius 1 is 1.31 bits per heavy atom. The van der Waals surface area contributed by atoms with E-state index in [-0.39, 0.29) is 5.66 Å². The molecule has 0 aromatic rings. The van der Waals surface area contributed by atoms with Crippen LogP contribution >= 0.6 is 0 Å². The molecule has 97 valence electrons. The summed E-state index contributed by atoms with van der Waals surface area (Å²) in [7, 11) is 5.79. The first-order valence-corrected chi connectivity index (χ1v) is 5.65. The van der Waals surface area contributed by atoms with Crippen LogP contribution in [0, 0.1) is 6.92 Å². The molecule has 0 aliphatic rings. The molecule has 0 saturated heterocycles. The average molecular weight is 232 g/mol.